The first-order valence-corrected chi connectivity index (χ1v) is 7.51. The fraction of sp³-hybridized carbons (Fsp3) is 0.647. The lowest BCUT2D eigenvalue weighted by Gasteiger charge is -2.13. The minimum atomic E-state index is -0.219. The van der Waals surface area contributed by atoms with Crippen LogP contribution in [0.2, 0.25) is 0 Å². The number of aliphatic hydroxyl groups excluding tert-OH is 1. The number of aryl methyl sites for hydroxylation is 2. The number of rotatable bonds is 6. The topological polar surface area (TPSA) is 29.5 Å². The molecule has 1 aromatic carbocycles. The SMILES string of the molecule is Cc1ccc(CC(O)CCCC2CCCO2)cc1C. The Labute approximate surface area is 116 Å². The summed E-state index contributed by atoms with van der Waals surface area (Å²) in [6.07, 6.45) is 6.46. The zero-order chi connectivity index (χ0) is 13.7. The van der Waals surface area contributed by atoms with Crippen molar-refractivity contribution in [1.82, 2.24) is 0 Å². The van der Waals surface area contributed by atoms with E-state index < -0.39 is 0 Å². The van der Waals surface area contributed by atoms with Gasteiger partial charge < -0.3 is 9.84 Å². The third-order valence-corrected chi connectivity index (χ3v) is 4.13. The molecule has 19 heavy (non-hydrogen) atoms. The Balaban J connectivity index is 1.70. The van der Waals surface area contributed by atoms with Crippen LogP contribution in [0, 0.1) is 13.8 Å². The summed E-state index contributed by atoms with van der Waals surface area (Å²) in [4.78, 5) is 0. The molecule has 0 amide bonds. The molecule has 1 heterocycles. The normalized spacial score (nSPS) is 20.7. The van der Waals surface area contributed by atoms with Gasteiger partial charge in [-0.15, -0.1) is 0 Å². The molecule has 2 atom stereocenters. The average molecular weight is 262 g/mol. The molecule has 106 valence electrons. The highest BCUT2D eigenvalue weighted by Gasteiger charge is 2.15. The molecule has 1 fully saturated rings. The minimum absolute atomic E-state index is 0.219. The lowest BCUT2D eigenvalue weighted by atomic mass is 9.99. The number of ether oxygens (including phenoxy) is 1. The largest absolute Gasteiger partial charge is 0.393 e. The van der Waals surface area contributed by atoms with Gasteiger partial charge in [-0.3, -0.25) is 0 Å². The van der Waals surface area contributed by atoms with Gasteiger partial charge in [0.25, 0.3) is 0 Å². The zero-order valence-electron chi connectivity index (χ0n) is 12.2. The van der Waals surface area contributed by atoms with E-state index in [1.54, 1.807) is 0 Å². The molecule has 1 aliphatic rings. The quantitative estimate of drug-likeness (QED) is 0.849. The van der Waals surface area contributed by atoms with Gasteiger partial charge in [0.1, 0.15) is 0 Å². The van der Waals surface area contributed by atoms with Crippen LogP contribution in [-0.2, 0) is 11.2 Å². The second-order valence-electron chi connectivity index (χ2n) is 5.84. The van der Waals surface area contributed by atoms with Crippen molar-refractivity contribution >= 4 is 0 Å². The predicted octanol–water partition coefficient (Wildman–Crippen LogP) is 3.56. The fourth-order valence-corrected chi connectivity index (χ4v) is 2.76. The first-order chi connectivity index (χ1) is 9.15. The van der Waals surface area contributed by atoms with Gasteiger partial charge in [-0.05, 0) is 69.1 Å². The Morgan fingerprint density at radius 3 is 2.84 bits per heavy atom. The summed E-state index contributed by atoms with van der Waals surface area (Å²) in [5.41, 5.74) is 3.87. The first-order valence-electron chi connectivity index (χ1n) is 7.51. The van der Waals surface area contributed by atoms with Gasteiger partial charge in [0.05, 0.1) is 12.2 Å². The molecule has 1 N–H and O–H groups in total. The maximum atomic E-state index is 10.1. The van der Waals surface area contributed by atoms with Gasteiger partial charge in [0.15, 0.2) is 0 Å². The van der Waals surface area contributed by atoms with Gasteiger partial charge in [-0.2, -0.15) is 0 Å². The smallest absolute Gasteiger partial charge is 0.0580 e. The van der Waals surface area contributed by atoms with E-state index >= 15 is 0 Å². The van der Waals surface area contributed by atoms with Crippen LogP contribution in [0.25, 0.3) is 0 Å². The van der Waals surface area contributed by atoms with Gasteiger partial charge in [0.2, 0.25) is 0 Å². The van der Waals surface area contributed by atoms with E-state index in [4.69, 9.17) is 4.74 Å². The summed E-state index contributed by atoms with van der Waals surface area (Å²) >= 11 is 0. The van der Waals surface area contributed by atoms with Crippen LogP contribution >= 0.6 is 0 Å². The molecule has 0 spiro atoms. The van der Waals surface area contributed by atoms with E-state index in [0.717, 1.165) is 32.3 Å². The first kappa shape index (κ1) is 14.5. The van der Waals surface area contributed by atoms with Crippen LogP contribution in [0.15, 0.2) is 18.2 Å². The Bertz CT molecular complexity index is 394. The summed E-state index contributed by atoms with van der Waals surface area (Å²) < 4.78 is 5.60. The predicted molar refractivity (Wildman–Crippen MR) is 78.5 cm³/mol. The lowest BCUT2D eigenvalue weighted by Crippen LogP contribution is -2.12. The third kappa shape index (κ3) is 4.63. The van der Waals surface area contributed by atoms with Gasteiger partial charge >= 0.3 is 0 Å². The maximum absolute atomic E-state index is 10.1. The van der Waals surface area contributed by atoms with E-state index in [9.17, 15) is 5.11 Å². The van der Waals surface area contributed by atoms with Gasteiger partial charge in [0, 0.05) is 6.61 Å². The van der Waals surface area contributed by atoms with Crippen LogP contribution in [0.1, 0.15) is 48.8 Å². The number of hydrogen-bond donors (Lipinski definition) is 1. The van der Waals surface area contributed by atoms with Crippen molar-refractivity contribution in [2.75, 3.05) is 6.61 Å². The zero-order valence-corrected chi connectivity index (χ0v) is 12.2. The molecule has 2 rings (SSSR count). The van der Waals surface area contributed by atoms with Crippen LogP contribution in [0.4, 0.5) is 0 Å². The van der Waals surface area contributed by atoms with Crippen LogP contribution in [-0.4, -0.2) is 23.9 Å². The van der Waals surface area contributed by atoms with E-state index in [-0.39, 0.29) is 6.10 Å². The summed E-state index contributed by atoms with van der Waals surface area (Å²) in [6, 6.07) is 6.47. The number of hydrogen-bond acceptors (Lipinski definition) is 2. The minimum Gasteiger partial charge on any atom is -0.393 e. The van der Waals surface area contributed by atoms with E-state index in [0.29, 0.717) is 6.10 Å². The van der Waals surface area contributed by atoms with Crippen LogP contribution < -0.4 is 0 Å². The summed E-state index contributed by atoms with van der Waals surface area (Å²) in [7, 11) is 0. The van der Waals surface area contributed by atoms with Crippen molar-refractivity contribution in [2.45, 2.75) is 64.6 Å². The van der Waals surface area contributed by atoms with Crippen molar-refractivity contribution in [2.24, 2.45) is 0 Å². The van der Waals surface area contributed by atoms with Crippen molar-refractivity contribution < 1.29 is 9.84 Å². The Kier molecular flexibility index (Phi) is 5.41. The van der Waals surface area contributed by atoms with E-state index in [1.807, 2.05) is 0 Å². The average Bonchev–Trinajstić information content (AvgIpc) is 2.87. The molecule has 0 aliphatic carbocycles. The monoisotopic (exact) mass is 262 g/mol. The summed E-state index contributed by atoms with van der Waals surface area (Å²) in [6.45, 7) is 5.18. The van der Waals surface area contributed by atoms with Gasteiger partial charge in [-0.25, -0.2) is 0 Å². The fourth-order valence-electron chi connectivity index (χ4n) is 2.76. The molecular weight excluding hydrogens is 236 g/mol. The molecule has 1 aliphatic heterocycles. The van der Waals surface area contributed by atoms with Crippen LogP contribution in [0.5, 0.6) is 0 Å². The van der Waals surface area contributed by atoms with E-state index in [1.165, 1.54) is 29.5 Å². The standard InChI is InChI=1S/C17H26O2/c1-13-8-9-15(11-14(13)2)12-16(18)5-3-6-17-7-4-10-19-17/h8-9,11,16-18H,3-7,10,12H2,1-2H3. The van der Waals surface area contributed by atoms with Crippen molar-refractivity contribution in [1.29, 1.82) is 0 Å². The molecule has 0 radical (unpaired) electrons. The van der Waals surface area contributed by atoms with Crippen molar-refractivity contribution in [3.8, 4) is 0 Å². The van der Waals surface area contributed by atoms with Crippen LogP contribution in [0.3, 0.4) is 0 Å². The Morgan fingerprint density at radius 2 is 2.16 bits per heavy atom. The Hall–Kier alpha value is -0.860. The molecule has 0 aromatic heterocycles. The second kappa shape index (κ2) is 7.06. The second-order valence-corrected chi connectivity index (χ2v) is 5.84. The van der Waals surface area contributed by atoms with Crippen molar-refractivity contribution in [3.63, 3.8) is 0 Å². The lowest BCUT2D eigenvalue weighted by molar-refractivity contribution is 0.0945. The summed E-state index contributed by atoms with van der Waals surface area (Å²) in [5, 5.41) is 10.1. The van der Waals surface area contributed by atoms with Gasteiger partial charge in [-0.1, -0.05) is 18.2 Å². The third-order valence-electron chi connectivity index (χ3n) is 4.13. The summed E-state index contributed by atoms with van der Waals surface area (Å²) in [5.74, 6) is 0. The number of aliphatic hydroxyl groups is 1. The van der Waals surface area contributed by atoms with E-state index in [2.05, 4.69) is 32.0 Å². The molecule has 0 bridgehead atoms. The highest BCUT2D eigenvalue weighted by atomic mass is 16.5. The molecule has 2 heteroatoms. The molecule has 1 saturated heterocycles. The molecule has 0 saturated carbocycles. The molecule has 1 aromatic rings. The highest BCUT2D eigenvalue weighted by molar-refractivity contribution is 5.30. The Morgan fingerprint density at radius 1 is 1.32 bits per heavy atom. The molecular formula is C17H26O2. The van der Waals surface area contributed by atoms with Crippen molar-refractivity contribution in [3.05, 3.63) is 34.9 Å². The molecule has 2 nitrogen and oxygen atoms in total. The highest BCUT2D eigenvalue weighted by Crippen LogP contribution is 2.19. The molecule has 2 unspecified atom stereocenters. The maximum Gasteiger partial charge on any atom is 0.0580 e. The number of benzene rings is 1.